The number of amides is 2. The second kappa shape index (κ2) is 9.32. The van der Waals surface area contributed by atoms with E-state index in [1.807, 2.05) is 36.4 Å². The van der Waals surface area contributed by atoms with Crippen molar-refractivity contribution in [3.8, 4) is 0 Å². The number of nitrogens with one attached hydrogen (secondary N) is 1. The van der Waals surface area contributed by atoms with Crippen molar-refractivity contribution in [3.63, 3.8) is 0 Å². The maximum atomic E-state index is 13.3. The summed E-state index contributed by atoms with van der Waals surface area (Å²) in [4.78, 5) is 29.3. The molecule has 1 aromatic heterocycles. The van der Waals surface area contributed by atoms with E-state index in [9.17, 15) is 9.59 Å². The lowest BCUT2D eigenvalue weighted by atomic mass is 10.1. The van der Waals surface area contributed by atoms with Gasteiger partial charge in [0.1, 0.15) is 11.8 Å². The highest BCUT2D eigenvalue weighted by molar-refractivity contribution is 7.80. The van der Waals surface area contributed by atoms with Crippen LogP contribution in [-0.4, -0.2) is 32.8 Å². The molecule has 158 valence electrons. The summed E-state index contributed by atoms with van der Waals surface area (Å²) < 4.78 is 5.45. The predicted octanol–water partition coefficient (Wildman–Crippen LogP) is 4.46. The molecule has 2 aromatic carbocycles. The molecule has 0 radical (unpaired) electrons. The lowest BCUT2D eigenvalue weighted by molar-refractivity contribution is -0.131. The van der Waals surface area contributed by atoms with Crippen molar-refractivity contribution < 1.29 is 14.0 Å². The molecular formula is C23H20ClN3O3S. The standard InChI is InChI=1S/C23H20ClN3O3S/c24-17-8-10-18(11-9-17)25-21(28)13-20-22(29)27(14-16-5-2-1-3-6-16)23(31)26(20)15-19-7-4-12-30-19/h1-12,20H,13-15H2,(H,25,28)/t20-/m1/s1. The Hall–Kier alpha value is -3.16. The highest BCUT2D eigenvalue weighted by atomic mass is 35.5. The number of halogens is 1. The van der Waals surface area contributed by atoms with Crippen LogP contribution in [0.3, 0.4) is 0 Å². The van der Waals surface area contributed by atoms with Crippen molar-refractivity contribution in [2.24, 2.45) is 0 Å². The molecule has 1 aliphatic rings. The first-order valence-electron chi connectivity index (χ1n) is 9.75. The number of benzene rings is 2. The van der Waals surface area contributed by atoms with Crippen LogP contribution in [0.1, 0.15) is 17.7 Å². The van der Waals surface area contributed by atoms with Gasteiger partial charge in [0.25, 0.3) is 5.91 Å². The number of anilines is 1. The Morgan fingerprint density at radius 1 is 1.03 bits per heavy atom. The minimum atomic E-state index is -0.714. The summed E-state index contributed by atoms with van der Waals surface area (Å²) in [5.74, 6) is 0.181. The Morgan fingerprint density at radius 2 is 1.77 bits per heavy atom. The molecule has 1 saturated heterocycles. The molecule has 4 rings (SSSR count). The number of hydrogen-bond acceptors (Lipinski definition) is 4. The molecule has 31 heavy (non-hydrogen) atoms. The van der Waals surface area contributed by atoms with Gasteiger partial charge in [0.15, 0.2) is 5.11 Å². The third kappa shape index (κ3) is 4.95. The maximum absolute atomic E-state index is 13.3. The Morgan fingerprint density at radius 3 is 2.45 bits per heavy atom. The van der Waals surface area contributed by atoms with Gasteiger partial charge in [-0.05, 0) is 54.2 Å². The van der Waals surface area contributed by atoms with Gasteiger partial charge in [-0.15, -0.1) is 0 Å². The lowest BCUT2D eigenvalue weighted by Crippen LogP contribution is -2.37. The molecule has 0 spiro atoms. The largest absolute Gasteiger partial charge is 0.467 e. The minimum Gasteiger partial charge on any atom is -0.467 e. The van der Waals surface area contributed by atoms with Gasteiger partial charge in [-0.2, -0.15) is 0 Å². The quantitative estimate of drug-likeness (QED) is 0.535. The molecule has 0 aliphatic carbocycles. The van der Waals surface area contributed by atoms with Crippen LogP contribution in [0.5, 0.6) is 0 Å². The van der Waals surface area contributed by atoms with Gasteiger partial charge in [-0.1, -0.05) is 41.9 Å². The zero-order chi connectivity index (χ0) is 21.8. The Balaban J connectivity index is 1.53. The maximum Gasteiger partial charge on any atom is 0.252 e. The summed E-state index contributed by atoms with van der Waals surface area (Å²) in [7, 11) is 0. The summed E-state index contributed by atoms with van der Waals surface area (Å²) in [5.41, 5.74) is 1.57. The first-order chi connectivity index (χ1) is 15.0. The van der Waals surface area contributed by atoms with Gasteiger partial charge >= 0.3 is 0 Å². The molecule has 2 heterocycles. The summed E-state index contributed by atoms with van der Waals surface area (Å²) in [6.45, 7) is 0.657. The van der Waals surface area contributed by atoms with Crippen molar-refractivity contribution >= 4 is 46.4 Å². The number of thiocarbonyl (C=S) groups is 1. The number of carbonyl (C=O) groups is 2. The summed E-state index contributed by atoms with van der Waals surface area (Å²) in [6.07, 6.45) is 1.54. The fraction of sp³-hybridized carbons (Fsp3) is 0.174. The monoisotopic (exact) mass is 453 g/mol. The van der Waals surface area contributed by atoms with E-state index in [0.717, 1.165) is 5.56 Å². The molecule has 1 N–H and O–H groups in total. The molecule has 3 aromatic rings. The smallest absolute Gasteiger partial charge is 0.252 e. The van der Waals surface area contributed by atoms with Crippen LogP contribution < -0.4 is 5.32 Å². The molecule has 6 nitrogen and oxygen atoms in total. The first-order valence-corrected chi connectivity index (χ1v) is 10.5. The van der Waals surface area contributed by atoms with Gasteiger partial charge in [0, 0.05) is 10.7 Å². The van der Waals surface area contributed by atoms with Crippen LogP contribution in [0, 0.1) is 0 Å². The van der Waals surface area contributed by atoms with E-state index >= 15 is 0 Å². The number of furan rings is 1. The van der Waals surface area contributed by atoms with Gasteiger partial charge < -0.3 is 14.6 Å². The highest BCUT2D eigenvalue weighted by Crippen LogP contribution is 2.26. The van der Waals surface area contributed by atoms with E-state index in [-0.39, 0.29) is 18.2 Å². The SMILES string of the molecule is O=C(C[C@@H]1C(=O)N(Cc2ccccc2)C(=S)N1Cc1ccco1)Nc1ccc(Cl)cc1. The third-order valence-corrected chi connectivity index (χ3v) is 5.71. The van der Waals surface area contributed by atoms with E-state index in [0.29, 0.717) is 34.7 Å². The number of carbonyl (C=O) groups excluding carboxylic acids is 2. The van der Waals surface area contributed by atoms with E-state index in [2.05, 4.69) is 5.32 Å². The molecule has 8 heteroatoms. The molecule has 1 atom stereocenters. The number of nitrogens with zero attached hydrogens (tertiary/aromatic N) is 2. The molecule has 1 fully saturated rings. The van der Waals surface area contributed by atoms with Gasteiger partial charge in [0.2, 0.25) is 5.91 Å². The summed E-state index contributed by atoms with van der Waals surface area (Å²) in [6, 6.07) is 19.3. The summed E-state index contributed by atoms with van der Waals surface area (Å²) in [5, 5.41) is 3.78. The zero-order valence-electron chi connectivity index (χ0n) is 16.5. The molecule has 0 saturated carbocycles. The van der Waals surface area contributed by atoms with Crippen molar-refractivity contribution in [3.05, 3.63) is 89.3 Å². The van der Waals surface area contributed by atoms with Crippen LogP contribution in [0.4, 0.5) is 5.69 Å². The fourth-order valence-corrected chi connectivity index (χ4v) is 3.95. The molecule has 0 bridgehead atoms. The Bertz CT molecular complexity index is 1070. The van der Waals surface area contributed by atoms with Crippen LogP contribution >= 0.6 is 23.8 Å². The summed E-state index contributed by atoms with van der Waals surface area (Å²) >= 11 is 11.5. The van der Waals surface area contributed by atoms with Crippen molar-refractivity contribution in [2.75, 3.05) is 5.32 Å². The minimum absolute atomic E-state index is 0.0341. The lowest BCUT2D eigenvalue weighted by Gasteiger charge is -2.22. The zero-order valence-corrected chi connectivity index (χ0v) is 18.1. The molecule has 0 unspecified atom stereocenters. The van der Waals surface area contributed by atoms with Gasteiger partial charge in [-0.25, -0.2) is 0 Å². The van der Waals surface area contributed by atoms with Crippen LogP contribution in [0.15, 0.2) is 77.4 Å². The topological polar surface area (TPSA) is 65.8 Å². The van der Waals surface area contributed by atoms with Crippen molar-refractivity contribution in [1.82, 2.24) is 9.80 Å². The molecular weight excluding hydrogens is 434 g/mol. The van der Waals surface area contributed by atoms with E-state index in [1.165, 1.54) is 0 Å². The molecule has 1 aliphatic heterocycles. The third-order valence-electron chi connectivity index (χ3n) is 5.00. The Kier molecular flexibility index (Phi) is 6.34. The molecule has 2 amide bonds. The van der Waals surface area contributed by atoms with Crippen LogP contribution in [-0.2, 0) is 22.7 Å². The van der Waals surface area contributed by atoms with Gasteiger partial charge in [-0.3, -0.25) is 14.5 Å². The fourth-order valence-electron chi connectivity index (χ4n) is 3.47. The van der Waals surface area contributed by atoms with Gasteiger partial charge in [0.05, 0.1) is 25.8 Å². The van der Waals surface area contributed by atoms with E-state index < -0.39 is 6.04 Å². The predicted molar refractivity (Wildman–Crippen MR) is 122 cm³/mol. The number of rotatable bonds is 7. The second-order valence-corrected chi connectivity index (χ2v) is 7.98. The normalized spacial score (nSPS) is 16.1. The van der Waals surface area contributed by atoms with E-state index in [4.69, 9.17) is 28.2 Å². The van der Waals surface area contributed by atoms with Crippen molar-refractivity contribution in [2.45, 2.75) is 25.6 Å². The average Bonchev–Trinajstić information content (AvgIpc) is 3.35. The van der Waals surface area contributed by atoms with Crippen LogP contribution in [0.25, 0.3) is 0 Å². The number of hydrogen-bond donors (Lipinski definition) is 1. The Labute approximate surface area is 190 Å². The van der Waals surface area contributed by atoms with Crippen molar-refractivity contribution in [1.29, 1.82) is 0 Å². The average molecular weight is 454 g/mol. The van der Waals surface area contributed by atoms with Crippen LogP contribution in [0.2, 0.25) is 5.02 Å². The van der Waals surface area contributed by atoms with E-state index in [1.54, 1.807) is 46.4 Å². The second-order valence-electron chi connectivity index (χ2n) is 7.17. The highest BCUT2D eigenvalue weighted by Gasteiger charge is 2.43. The first kappa shape index (κ1) is 21.1.